The number of carbonyl (C=O) groups is 1. The van der Waals surface area contributed by atoms with Crippen molar-refractivity contribution >= 4 is 5.91 Å². The molecule has 1 amide bonds. The molecular weight excluding hydrogens is 316 g/mol. The third-order valence-corrected chi connectivity index (χ3v) is 5.80. The molecule has 136 valence electrons. The highest BCUT2D eigenvalue weighted by atomic mass is 16.5. The summed E-state index contributed by atoms with van der Waals surface area (Å²) in [7, 11) is 0. The predicted octanol–water partition coefficient (Wildman–Crippen LogP) is 1.92. The van der Waals surface area contributed by atoms with Gasteiger partial charge in [-0.2, -0.15) is 0 Å². The van der Waals surface area contributed by atoms with Gasteiger partial charge in [0.1, 0.15) is 6.10 Å². The van der Waals surface area contributed by atoms with E-state index in [0.29, 0.717) is 26.3 Å². The van der Waals surface area contributed by atoms with Crippen molar-refractivity contribution in [1.82, 2.24) is 9.80 Å². The molecule has 0 unspecified atom stereocenters. The van der Waals surface area contributed by atoms with Crippen LogP contribution in [0.2, 0.25) is 0 Å². The lowest BCUT2D eigenvalue weighted by Crippen LogP contribution is -2.46. The fourth-order valence-corrected chi connectivity index (χ4v) is 4.51. The Balaban J connectivity index is 1.36. The van der Waals surface area contributed by atoms with Crippen molar-refractivity contribution in [3.05, 3.63) is 35.9 Å². The third kappa shape index (κ3) is 3.89. The zero-order chi connectivity index (χ0) is 17.1. The van der Waals surface area contributed by atoms with E-state index in [1.165, 1.54) is 18.4 Å². The van der Waals surface area contributed by atoms with Crippen LogP contribution in [0, 0.1) is 5.41 Å². The highest BCUT2D eigenvalue weighted by molar-refractivity contribution is 5.81. The van der Waals surface area contributed by atoms with Gasteiger partial charge in [-0.3, -0.25) is 9.69 Å². The van der Waals surface area contributed by atoms with E-state index in [-0.39, 0.29) is 17.4 Å². The van der Waals surface area contributed by atoms with Crippen molar-refractivity contribution in [3.63, 3.8) is 0 Å². The van der Waals surface area contributed by atoms with Crippen LogP contribution < -0.4 is 0 Å². The topological polar surface area (TPSA) is 42.0 Å². The summed E-state index contributed by atoms with van der Waals surface area (Å²) in [6.07, 6.45) is 2.98. The molecule has 1 spiro atoms. The molecule has 5 heteroatoms. The van der Waals surface area contributed by atoms with Gasteiger partial charge in [0.25, 0.3) is 5.91 Å². The van der Waals surface area contributed by atoms with Crippen molar-refractivity contribution in [2.45, 2.75) is 31.9 Å². The van der Waals surface area contributed by atoms with Crippen LogP contribution >= 0.6 is 0 Å². The van der Waals surface area contributed by atoms with Crippen molar-refractivity contribution < 1.29 is 14.3 Å². The molecule has 0 aromatic heterocycles. The second-order valence-electron chi connectivity index (χ2n) is 7.74. The van der Waals surface area contributed by atoms with Gasteiger partial charge in [-0.1, -0.05) is 30.3 Å². The fraction of sp³-hybridized carbons (Fsp3) is 0.650. The number of amides is 1. The molecule has 3 aliphatic heterocycles. The Morgan fingerprint density at radius 3 is 2.76 bits per heavy atom. The molecular formula is C20H28N2O3. The summed E-state index contributed by atoms with van der Waals surface area (Å²) in [5.41, 5.74) is 1.51. The van der Waals surface area contributed by atoms with E-state index in [2.05, 4.69) is 35.2 Å². The molecule has 1 aromatic rings. The van der Waals surface area contributed by atoms with Gasteiger partial charge < -0.3 is 14.4 Å². The maximum Gasteiger partial charge on any atom is 0.251 e. The van der Waals surface area contributed by atoms with E-state index < -0.39 is 0 Å². The van der Waals surface area contributed by atoms with Gasteiger partial charge in [0, 0.05) is 31.6 Å². The lowest BCUT2D eigenvalue weighted by Gasteiger charge is -2.39. The molecule has 0 saturated carbocycles. The van der Waals surface area contributed by atoms with Crippen molar-refractivity contribution in [2.75, 3.05) is 46.0 Å². The molecule has 3 heterocycles. The number of hydrogen-bond acceptors (Lipinski definition) is 4. The number of likely N-dealkylation sites (tertiary alicyclic amines) is 1. The SMILES string of the molecule is O=C([C@H]1C[C@]2(CCCN(Cc3ccccc3)C2)CO1)N1CCOCC1. The Morgan fingerprint density at radius 2 is 1.96 bits per heavy atom. The molecule has 3 saturated heterocycles. The van der Waals surface area contributed by atoms with E-state index in [9.17, 15) is 4.79 Å². The van der Waals surface area contributed by atoms with Gasteiger partial charge in [-0.05, 0) is 31.4 Å². The smallest absolute Gasteiger partial charge is 0.251 e. The molecule has 25 heavy (non-hydrogen) atoms. The zero-order valence-corrected chi connectivity index (χ0v) is 14.9. The number of ether oxygens (including phenoxy) is 2. The normalized spacial score (nSPS) is 30.7. The van der Waals surface area contributed by atoms with Gasteiger partial charge in [0.15, 0.2) is 0 Å². The number of carbonyl (C=O) groups excluding carboxylic acids is 1. The molecule has 0 aliphatic carbocycles. The summed E-state index contributed by atoms with van der Waals surface area (Å²) in [5.74, 6) is 0.167. The highest BCUT2D eigenvalue weighted by Gasteiger charge is 2.46. The molecule has 0 N–H and O–H groups in total. The number of morpholine rings is 1. The number of hydrogen-bond donors (Lipinski definition) is 0. The molecule has 4 rings (SSSR count). The molecule has 0 bridgehead atoms. The van der Waals surface area contributed by atoms with Gasteiger partial charge in [0.05, 0.1) is 19.8 Å². The van der Waals surface area contributed by atoms with Crippen molar-refractivity contribution in [2.24, 2.45) is 5.41 Å². The minimum absolute atomic E-state index is 0.152. The number of nitrogens with zero attached hydrogens (tertiary/aromatic N) is 2. The predicted molar refractivity (Wildman–Crippen MR) is 95.1 cm³/mol. The first kappa shape index (κ1) is 17.0. The molecule has 3 aliphatic rings. The highest BCUT2D eigenvalue weighted by Crippen LogP contribution is 2.41. The Labute approximate surface area is 149 Å². The molecule has 3 fully saturated rings. The number of piperidine rings is 1. The first-order valence-electron chi connectivity index (χ1n) is 9.49. The van der Waals surface area contributed by atoms with Gasteiger partial charge in [-0.25, -0.2) is 0 Å². The van der Waals surface area contributed by atoms with Crippen molar-refractivity contribution in [3.8, 4) is 0 Å². The first-order valence-corrected chi connectivity index (χ1v) is 9.49. The van der Waals surface area contributed by atoms with Gasteiger partial charge >= 0.3 is 0 Å². The summed E-state index contributed by atoms with van der Waals surface area (Å²) >= 11 is 0. The fourth-order valence-electron chi connectivity index (χ4n) is 4.51. The standard InChI is InChI=1S/C20H28N2O3/c23-19(22-9-11-24-12-10-22)18-13-20(16-25-18)7-4-8-21(15-20)14-17-5-2-1-3-6-17/h1-3,5-6,18H,4,7-16H2/t18-,20+/m1/s1. The Morgan fingerprint density at radius 1 is 1.16 bits per heavy atom. The van der Waals surface area contributed by atoms with Crippen LogP contribution in [0.4, 0.5) is 0 Å². The summed E-state index contributed by atoms with van der Waals surface area (Å²) < 4.78 is 11.4. The van der Waals surface area contributed by atoms with Gasteiger partial charge in [-0.15, -0.1) is 0 Å². The average molecular weight is 344 g/mol. The van der Waals surface area contributed by atoms with Crippen molar-refractivity contribution in [1.29, 1.82) is 0 Å². The number of benzene rings is 1. The molecule has 2 atom stereocenters. The molecule has 0 radical (unpaired) electrons. The van der Waals surface area contributed by atoms with Crippen LogP contribution in [0.25, 0.3) is 0 Å². The van der Waals surface area contributed by atoms with Crippen LogP contribution in [0.3, 0.4) is 0 Å². The zero-order valence-electron chi connectivity index (χ0n) is 14.9. The largest absolute Gasteiger partial charge is 0.378 e. The lowest BCUT2D eigenvalue weighted by molar-refractivity contribution is -0.144. The second kappa shape index (κ2) is 7.44. The number of rotatable bonds is 3. The van der Waals surface area contributed by atoms with E-state index >= 15 is 0 Å². The maximum atomic E-state index is 12.7. The van der Waals surface area contributed by atoms with E-state index in [4.69, 9.17) is 9.47 Å². The van der Waals surface area contributed by atoms with E-state index in [1.54, 1.807) is 0 Å². The van der Waals surface area contributed by atoms with Crippen LogP contribution in [0.15, 0.2) is 30.3 Å². The van der Waals surface area contributed by atoms with E-state index in [0.717, 1.165) is 32.7 Å². The lowest BCUT2D eigenvalue weighted by atomic mass is 9.78. The maximum absolute atomic E-state index is 12.7. The van der Waals surface area contributed by atoms with Crippen LogP contribution in [0.1, 0.15) is 24.8 Å². The Kier molecular flexibility index (Phi) is 5.06. The quantitative estimate of drug-likeness (QED) is 0.840. The summed E-state index contributed by atoms with van der Waals surface area (Å²) in [6, 6.07) is 10.7. The third-order valence-electron chi connectivity index (χ3n) is 5.80. The Hall–Kier alpha value is -1.43. The van der Waals surface area contributed by atoms with Gasteiger partial charge in [0.2, 0.25) is 0 Å². The minimum Gasteiger partial charge on any atom is -0.378 e. The monoisotopic (exact) mass is 344 g/mol. The summed E-state index contributed by atoms with van der Waals surface area (Å²) in [6.45, 7) is 6.58. The summed E-state index contributed by atoms with van der Waals surface area (Å²) in [5, 5.41) is 0. The molecule has 1 aromatic carbocycles. The minimum atomic E-state index is -0.255. The summed E-state index contributed by atoms with van der Waals surface area (Å²) in [4.78, 5) is 17.2. The van der Waals surface area contributed by atoms with Crippen LogP contribution in [-0.2, 0) is 20.8 Å². The van der Waals surface area contributed by atoms with Crippen LogP contribution in [-0.4, -0.2) is 67.8 Å². The molecule has 5 nitrogen and oxygen atoms in total. The Bertz CT molecular complexity index is 588. The van der Waals surface area contributed by atoms with Crippen LogP contribution in [0.5, 0.6) is 0 Å². The second-order valence-corrected chi connectivity index (χ2v) is 7.74. The van der Waals surface area contributed by atoms with E-state index in [1.807, 2.05) is 4.90 Å². The average Bonchev–Trinajstić information content (AvgIpc) is 3.06. The first-order chi connectivity index (χ1) is 12.2.